The zero-order valence-electron chi connectivity index (χ0n) is 9.41. The minimum absolute atomic E-state index is 0.0294. The molecular weight excluding hydrogens is 300 g/mol. The fourth-order valence-corrected chi connectivity index (χ4v) is 3.36. The van der Waals surface area contributed by atoms with Gasteiger partial charge in [0.25, 0.3) is 5.91 Å². The Morgan fingerprint density at radius 3 is 3.06 bits per heavy atom. The fourth-order valence-electron chi connectivity index (χ4n) is 1.78. The standard InChI is InChI=1S/C12H15BrN2OS/c13-10-6-8(3-4-11(10)14)12(16)15-7-9-2-1-5-17-9/h3-4,6,9H,1-2,5,7,14H2,(H,15,16). The quantitative estimate of drug-likeness (QED) is 0.843. The molecule has 0 aliphatic carbocycles. The highest BCUT2D eigenvalue weighted by atomic mass is 79.9. The van der Waals surface area contributed by atoms with Crippen molar-refractivity contribution in [3.8, 4) is 0 Å². The monoisotopic (exact) mass is 314 g/mol. The second-order valence-electron chi connectivity index (χ2n) is 4.08. The first-order valence-electron chi connectivity index (χ1n) is 5.61. The number of hydrogen-bond acceptors (Lipinski definition) is 3. The van der Waals surface area contributed by atoms with E-state index in [4.69, 9.17) is 5.73 Å². The molecular formula is C12H15BrN2OS. The van der Waals surface area contributed by atoms with Crippen molar-refractivity contribution in [2.24, 2.45) is 0 Å². The SMILES string of the molecule is Nc1ccc(C(=O)NCC2CCCS2)cc1Br. The Bertz CT molecular complexity index is 419. The van der Waals surface area contributed by atoms with E-state index >= 15 is 0 Å². The highest BCUT2D eigenvalue weighted by Crippen LogP contribution is 2.25. The number of halogens is 1. The topological polar surface area (TPSA) is 55.1 Å². The van der Waals surface area contributed by atoms with Gasteiger partial charge in [-0.25, -0.2) is 0 Å². The third-order valence-electron chi connectivity index (χ3n) is 2.78. The molecule has 1 unspecified atom stereocenters. The first-order valence-corrected chi connectivity index (χ1v) is 7.46. The molecule has 3 N–H and O–H groups in total. The molecule has 1 amide bonds. The van der Waals surface area contributed by atoms with Gasteiger partial charge < -0.3 is 11.1 Å². The van der Waals surface area contributed by atoms with Crippen molar-refractivity contribution in [2.75, 3.05) is 18.0 Å². The molecule has 0 radical (unpaired) electrons. The Kier molecular flexibility index (Phi) is 4.34. The van der Waals surface area contributed by atoms with Crippen molar-refractivity contribution >= 4 is 39.3 Å². The number of nitrogens with two attached hydrogens (primary N) is 1. The summed E-state index contributed by atoms with van der Waals surface area (Å²) in [5.74, 6) is 1.19. The normalized spacial score (nSPS) is 19.2. The van der Waals surface area contributed by atoms with Crippen LogP contribution in [0.3, 0.4) is 0 Å². The van der Waals surface area contributed by atoms with Gasteiger partial charge in [-0.2, -0.15) is 11.8 Å². The number of carbonyl (C=O) groups excluding carboxylic acids is 1. The molecule has 1 aliphatic rings. The van der Waals surface area contributed by atoms with Gasteiger partial charge in [0.05, 0.1) is 0 Å². The molecule has 0 aromatic heterocycles. The van der Waals surface area contributed by atoms with E-state index in [1.54, 1.807) is 18.2 Å². The Labute approximate surface area is 114 Å². The lowest BCUT2D eigenvalue weighted by molar-refractivity contribution is 0.0953. The van der Waals surface area contributed by atoms with E-state index in [9.17, 15) is 4.79 Å². The molecule has 1 aliphatic heterocycles. The molecule has 1 heterocycles. The van der Waals surface area contributed by atoms with E-state index in [1.807, 2.05) is 11.8 Å². The van der Waals surface area contributed by atoms with Crippen LogP contribution in [0, 0.1) is 0 Å². The summed E-state index contributed by atoms with van der Waals surface area (Å²) in [6, 6.07) is 5.24. The molecule has 5 heteroatoms. The average molecular weight is 315 g/mol. The molecule has 2 rings (SSSR count). The molecule has 0 spiro atoms. The summed E-state index contributed by atoms with van der Waals surface area (Å²) in [6.45, 7) is 0.755. The summed E-state index contributed by atoms with van der Waals surface area (Å²) in [7, 11) is 0. The Morgan fingerprint density at radius 1 is 1.59 bits per heavy atom. The maximum absolute atomic E-state index is 11.9. The maximum atomic E-state index is 11.9. The van der Waals surface area contributed by atoms with Crippen LogP contribution in [-0.4, -0.2) is 23.5 Å². The minimum atomic E-state index is -0.0294. The van der Waals surface area contributed by atoms with Crippen LogP contribution < -0.4 is 11.1 Å². The molecule has 1 fully saturated rings. The van der Waals surface area contributed by atoms with E-state index in [0.29, 0.717) is 16.5 Å². The summed E-state index contributed by atoms with van der Waals surface area (Å²) in [6.07, 6.45) is 2.47. The number of thioether (sulfide) groups is 1. The van der Waals surface area contributed by atoms with Crippen LogP contribution in [0.4, 0.5) is 5.69 Å². The van der Waals surface area contributed by atoms with Gasteiger partial charge >= 0.3 is 0 Å². The van der Waals surface area contributed by atoms with Crippen LogP contribution in [0.2, 0.25) is 0 Å². The summed E-state index contributed by atoms with van der Waals surface area (Å²) < 4.78 is 0.764. The molecule has 1 aromatic carbocycles. The van der Waals surface area contributed by atoms with Gasteiger partial charge in [-0.1, -0.05) is 0 Å². The molecule has 0 bridgehead atoms. The molecule has 1 atom stereocenters. The number of nitrogens with one attached hydrogen (secondary N) is 1. The largest absolute Gasteiger partial charge is 0.398 e. The van der Waals surface area contributed by atoms with E-state index in [0.717, 1.165) is 11.0 Å². The van der Waals surface area contributed by atoms with Gasteiger partial charge in [0, 0.05) is 27.5 Å². The predicted octanol–water partition coefficient (Wildman–Crippen LogP) is 2.66. The van der Waals surface area contributed by atoms with Crippen molar-refractivity contribution in [1.29, 1.82) is 0 Å². The summed E-state index contributed by atoms with van der Waals surface area (Å²) in [4.78, 5) is 11.9. The van der Waals surface area contributed by atoms with Crippen LogP contribution in [0.5, 0.6) is 0 Å². The number of carbonyl (C=O) groups is 1. The smallest absolute Gasteiger partial charge is 0.251 e. The third kappa shape index (κ3) is 3.39. The van der Waals surface area contributed by atoms with E-state index in [-0.39, 0.29) is 5.91 Å². The fraction of sp³-hybridized carbons (Fsp3) is 0.417. The number of amides is 1. The number of benzene rings is 1. The highest BCUT2D eigenvalue weighted by Gasteiger charge is 2.16. The van der Waals surface area contributed by atoms with E-state index < -0.39 is 0 Å². The lowest BCUT2D eigenvalue weighted by atomic mass is 10.2. The second-order valence-corrected chi connectivity index (χ2v) is 6.34. The van der Waals surface area contributed by atoms with Gasteiger partial charge in [0.2, 0.25) is 0 Å². The second kappa shape index (κ2) is 5.78. The van der Waals surface area contributed by atoms with Crippen molar-refractivity contribution in [3.63, 3.8) is 0 Å². The summed E-state index contributed by atoms with van der Waals surface area (Å²) in [5.41, 5.74) is 6.97. The van der Waals surface area contributed by atoms with Gasteiger partial charge in [0.1, 0.15) is 0 Å². The predicted molar refractivity (Wildman–Crippen MR) is 76.4 cm³/mol. The van der Waals surface area contributed by atoms with Gasteiger partial charge in [-0.3, -0.25) is 4.79 Å². The van der Waals surface area contributed by atoms with Crippen LogP contribution in [0.25, 0.3) is 0 Å². The van der Waals surface area contributed by atoms with E-state index in [1.165, 1.54) is 18.6 Å². The zero-order chi connectivity index (χ0) is 12.3. The molecule has 1 aromatic rings. The third-order valence-corrected chi connectivity index (χ3v) is 4.86. The van der Waals surface area contributed by atoms with Crippen LogP contribution >= 0.6 is 27.7 Å². The highest BCUT2D eigenvalue weighted by molar-refractivity contribution is 9.10. The summed E-state index contributed by atoms with van der Waals surface area (Å²) >= 11 is 5.26. The number of anilines is 1. The van der Waals surface area contributed by atoms with Gasteiger partial charge in [-0.05, 0) is 52.7 Å². The Hall–Kier alpha value is -0.680. The first-order chi connectivity index (χ1) is 8.16. The summed E-state index contributed by atoms with van der Waals surface area (Å²) in [5, 5.41) is 3.55. The van der Waals surface area contributed by atoms with Crippen molar-refractivity contribution in [2.45, 2.75) is 18.1 Å². The molecule has 3 nitrogen and oxygen atoms in total. The van der Waals surface area contributed by atoms with Crippen molar-refractivity contribution in [3.05, 3.63) is 28.2 Å². The molecule has 17 heavy (non-hydrogen) atoms. The number of hydrogen-bond donors (Lipinski definition) is 2. The van der Waals surface area contributed by atoms with Crippen molar-refractivity contribution < 1.29 is 4.79 Å². The minimum Gasteiger partial charge on any atom is -0.398 e. The number of nitrogen functional groups attached to an aromatic ring is 1. The Morgan fingerprint density at radius 2 is 2.41 bits per heavy atom. The van der Waals surface area contributed by atoms with Gasteiger partial charge in [0.15, 0.2) is 0 Å². The van der Waals surface area contributed by atoms with Crippen molar-refractivity contribution in [1.82, 2.24) is 5.32 Å². The van der Waals surface area contributed by atoms with Crippen LogP contribution in [0.15, 0.2) is 22.7 Å². The first kappa shape index (κ1) is 12.8. The Balaban J connectivity index is 1.92. The maximum Gasteiger partial charge on any atom is 0.251 e. The lowest BCUT2D eigenvalue weighted by Crippen LogP contribution is -2.29. The molecule has 0 saturated carbocycles. The van der Waals surface area contributed by atoms with Crippen LogP contribution in [0.1, 0.15) is 23.2 Å². The van der Waals surface area contributed by atoms with E-state index in [2.05, 4.69) is 21.2 Å². The zero-order valence-corrected chi connectivity index (χ0v) is 11.8. The molecule has 1 saturated heterocycles. The number of rotatable bonds is 3. The molecule has 92 valence electrons. The van der Waals surface area contributed by atoms with Crippen LogP contribution in [-0.2, 0) is 0 Å². The van der Waals surface area contributed by atoms with Gasteiger partial charge in [-0.15, -0.1) is 0 Å². The average Bonchev–Trinajstić information content (AvgIpc) is 2.82. The lowest BCUT2D eigenvalue weighted by Gasteiger charge is -2.10.